The summed E-state index contributed by atoms with van der Waals surface area (Å²) in [6.07, 6.45) is 0.878. The lowest BCUT2D eigenvalue weighted by molar-refractivity contribution is 0.0644. The van der Waals surface area contributed by atoms with Crippen molar-refractivity contribution >= 4 is 31.9 Å². The van der Waals surface area contributed by atoms with E-state index in [-0.39, 0.29) is 0 Å². The van der Waals surface area contributed by atoms with E-state index in [1.165, 1.54) is 5.56 Å². The van der Waals surface area contributed by atoms with E-state index in [0.29, 0.717) is 26.4 Å². The maximum atomic E-state index is 5.66. The summed E-state index contributed by atoms with van der Waals surface area (Å²) >= 11 is 6.93. The number of halogens is 2. The van der Waals surface area contributed by atoms with Gasteiger partial charge in [0.15, 0.2) is 0 Å². The molecule has 1 aromatic carbocycles. The molecule has 1 aromatic rings. The van der Waals surface area contributed by atoms with Gasteiger partial charge in [-0.3, -0.25) is 0 Å². The average molecular weight is 382 g/mol. The van der Waals surface area contributed by atoms with Gasteiger partial charge in [0, 0.05) is 29.9 Å². The third-order valence-electron chi connectivity index (χ3n) is 2.29. The Morgan fingerprint density at radius 1 is 1.11 bits per heavy atom. The van der Waals surface area contributed by atoms with E-state index in [1.54, 1.807) is 7.11 Å². The lowest BCUT2D eigenvalue weighted by atomic mass is 10.2. The van der Waals surface area contributed by atoms with Crippen LogP contribution in [0, 0.1) is 0 Å². The van der Waals surface area contributed by atoms with E-state index in [9.17, 15) is 0 Å². The highest BCUT2D eigenvalue weighted by Gasteiger charge is 2.01. The molecular weight excluding hydrogens is 364 g/mol. The number of rotatable bonds is 9. The molecule has 1 rings (SSSR count). The van der Waals surface area contributed by atoms with Crippen LogP contribution in [0.4, 0.5) is 0 Å². The molecule has 0 unspecified atom stereocenters. The summed E-state index contributed by atoms with van der Waals surface area (Å²) in [4.78, 5) is 0. The van der Waals surface area contributed by atoms with E-state index in [1.807, 2.05) is 18.2 Å². The lowest BCUT2D eigenvalue weighted by Gasteiger charge is -2.08. The monoisotopic (exact) mass is 380 g/mol. The van der Waals surface area contributed by atoms with Crippen molar-refractivity contribution in [2.45, 2.75) is 11.8 Å². The van der Waals surface area contributed by atoms with Crippen LogP contribution in [0.2, 0.25) is 0 Å². The average Bonchev–Trinajstić information content (AvgIpc) is 2.39. The number of methoxy groups -OCH3 is 1. The van der Waals surface area contributed by atoms with Crippen molar-refractivity contribution in [2.24, 2.45) is 0 Å². The van der Waals surface area contributed by atoms with Gasteiger partial charge in [0.05, 0.1) is 19.8 Å². The first-order valence-electron chi connectivity index (χ1n) is 5.81. The van der Waals surface area contributed by atoms with Crippen LogP contribution in [0.5, 0.6) is 5.75 Å². The molecule has 102 valence electrons. The molecule has 0 N–H and O–H groups in total. The van der Waals surface area contributed by atoms with Crippen LogP contribution in [0.25, 0.3) is 0 Å². The number of hydrogen-bond acceptors (Lipinski definition) is 3. The first kappa shape index (κ1) is 16.0. The molecule has 5 heteroatoms. The predicted octanol–water partition coefficient (Wildman–Crippen LogP) is 3.78. The van der Waals surface area contributed by atoms with Crippen LogP contribution < -0.4 is 4.74 Å². The highest BCUT2D eigenvalue weighted by atomic mass is 79.9. The summed E-state index contributed by atoms with van der Waals surface area (Å²) in [7, 11) is 1.67. The molecular formula is C13H18Br2O3. The third kappa shape index (κ3) is 6.18. The third-order valence-corrected chi connectivity index (χ3v) is 3.67. The quantitative estimate of drug-likeness (QED) is 0.481. The second-order valence-electron chi connectivity index (χ2n) is 3.69. The summed E-state index contributed by atoms with van der Waals surface area (Å²) in [5, 5.41) is 0.810. The van der Waals surface area contributed by atoms with Crippen LogP contribution in [-0.2, 0) is 14.8 Å². The Kier molecular flexibility index (Phi) is 8.67. The van der Waals surface area contributed by atoms with Crippen LogP contribution in [0.3, 0.4) is 0 Å². The number of hydrogen-bond donors (Lipinski definition) is 0. The molecule has 0 saturated carbocycles. The van der Waals surface area contributed by atoms with Gasteiger partial charge in [-0.25, -0.2) is 0 Å². The maximum absolute atomic E-state index is 5.66. The largest absolute Gasteiger partial charge is 0.493 e. The second kappa shape index (κ2) is 9.78. The van der Waals surface area contributed by atoms with E-state index in [2.05, 4.69) is 31.9 Å². The fourth-order valence-corrected chi connectivity index (χ4v) is 2.57. The van der Waals surface area contributed by atoms with E-state index in [0.717, 1.165) is 22.0 Å². The molecule has 0 amide bonds. The first-order valence-corrected chi connectivity index (χ1v) is 7.73. The van der Waals surface area contributed by atoms with Gasteiger partial charge < -0.3 is 14.2 Å². The van der Waals surface area contributed by atoms with Gasteiger partial charge in [-0.05, 0) is 23.8 Å². The van der Waals surface area contributed by atoms with Crippen molar-refractivity contribution in [1.29, 1.82) is 0 Å². The first-order chi connectivity index (χ1) is 8.77. The van der Waals surface area contributed by atoms with Crippen LogP contribution in [0.15, 0.2) is 22.7 Å². The maximum Gasteiger partial charge on any atom is 0.119 e. The van der Waals surface area contributed by atoms with Crippen molar-refractivity contribution in [3.8, 4) is 5.75 Å². The summed E-state index contributed by atoms with van der Waals surface area (Å²) in [5.41, 5.74) is 1.18. The molecule has 0 aliphatic rings. The summed E-state index contributed by atoms with van der Waals surface area (Å²) in [6.45, 7) is 2.65. The fraction of sp³-hybridized carbons (Fsp3) is 0.538. The SMILES string of the molecule is COCCOCCCOc1ccc(Br)c(CBr)c1. The molecule has 0 radical (unpaired) electrons. The zero-order valence-electron chi connectivity index (χ0n) is 10.5. The Hall–Kier alpha value is -0.100. The van der Waals surface area contributed by atoms with Gasteiger partial charge in [-0.1, -0.05) is 31.9 Å². The Labute approximate surface area is 125 Å². The van der Waals surface area contributed by atoms with Crippen molar-refractivity contribution in [3.05, 3.63) is 28.2 Å². The lowest BCUT2D eigenvalue weighted by Crippen LogP contribution is -2.06. The zero-order chi connectivity index (χ0) is 13.2. The van der Waals surface area contributed by atoms with E-state index < -0.39 is 0 Å². The van der Waals surface area contributed by atoms with Crippen molar-refractivity contribution < 1.29 is 14.2 Å². The van der Waals surface area contributed by atoms with E-state index >= 15 is 0 Å². The minimum atomic E-state index is 0.641. The van der Waals surface area contributed by atoms with Gasteiger partial charge >= 0.3 is 0 Å². The van der Waals surface area contributed by atoms with Crippen molar-refractivity contribution in [2.75, 3.05) is 33.5 Å². The molecule has 0 aliphatic carbocycles. The van der Waals surface area contributed by atoms with Gasteiger partial charge in [0.1, 0.15) is 5.75 Å². The molecule has 0 atom stereocenters. The summed E-state index contributed by atoms with van der Waals surface area (Å²) in [5.74, 6) is 0.893. The normalized spacial score (nSPS) is 10.6. The highest BCUT2D eigenvalue weighted by molar-refractivity contribution is 9.10. The molecule has 0 fully saturated rings. The molecule has 0 spiro atoms. The van der Waals surface area contributed by atoms with Gasteiger partial charge in [-0.15, -0.1) is 0 Å². The molecule has 3 nitrogen and oxygen atoms in total. The Morgan fingerprint density at radius 3 is 2.67 bits per heavy atom. The molecule has 0 saturated heterocycles. The molecule has 0 bridgehead atoms. The Balaban J connectivity index is 2.19. The van der Waals surface area contributed by atoms with Gasteiger partial charge in [0.25, 0.3) is 0 Å². The topological polar surface area (TPSA) is 27.7 Å². The number of alkyl halides is 1. The van der Waals surface area contributed by atoms with Crippen LogP contribution >= 0.6 is 31.9 Å². The molecule has 0 aromatic heterocycles. The predicted molar refractivity (Wildman–Crippen MR) is 79.6 cm³/mol. The van der Waals surface area contributed by atoms with Gasteiger partial charge in [0.2, 0.25) is 0 Å². The van der Waals surface area contributed by atoms with E-state index in [4.69, 9.17) is 14.2 Å². The Bertz CT molecular complexity index is 345. The minimum absolute atomic E-state index is 0.641. The second-order valence-corrected chi connectivity index (χ2v) is 5.11. The zero-order valence-corrected chi connectivity index (χ0v) is 13.6. The van der Waals surface area contributed by atoms with Crippen LogP contribution in [0.1, 0.15) is 12.0 Å². The van der Waals surface area contributed by atoms with Crippen molar-refractivity contribution in [3.63, 3.8) is 0 Å². The van der Waals surface area contributed by atoms with Crippen molar-refractivity contribution in [1.82, 2.24) is 0 Å². The molecule has 18 heavy (non-hydrogen) atoms. The highest BCUT2D eigenvalue weighted by Crippen LogP contribution is 2.24. The van der Waals surface area contributed by atoms with Gasteiger partial charge in [-0.2, -0.15) is 0 Å². The Morgan fingerprint density at radius 2 is 1.94 bits per heavy atom. The number of benzene rings is 1. The molecule has 0 heterocycles. The molecule has 0 aliphatic heterocycles. The minimum Gasteiger partial charge on any atom is -0.493 e. The summed E-state index contributed by atoms with van der Waals surface area (Å²) < 4.78 is 17.0. The number of ether oxygens (including phenoxy) is 3. The van der Waals surface area contributed by atoms with Crippen LogP contribution in [-0.4, -0.2) is 33.5 Å². The smallest absolute Gasteiger partial charge is 0.119 e. The fourth-order valence-electron chi connectivity index (χ4n) is 1.34. The summed E-state index contributed by atoms with van der Waals surface area (Å²) in [6, 6.07) is 5.99. The standard InChI is InChI=1S/C13H18Br2O3/c1-16-7-8-17-5-2-6-18-12-3-4-13(15)11(9-12)10-14/h3-4,9H,2,5-8,10H2,1H3.